The molecule has 3 nitrogen and oxygen atoms in total. The van der Waals surface area contributed by atoms with Gasteiger partial charge in [0.05, 0.1) is 6.42 Å². The van der Waals surface area contributed by atoms with Crippen LogP contribution in [-0.4, -0.2) is 24.2 Å². The van der Waals surface area contributed by atoms with Crippen molar-refractivity contribution in [2.24, 2.45) is 0 Å². The van der Waals surface area contributed by atoms with Gasteiger partial charge < -0.3 is 10.4 Å². The second kappa shape index (κ2) is 9.98. The number of benzene rings is 2. The summed E-state index contributed by atoms with van der Waals surface area (Å²) in [5, 5.41) is 11.8. The SMILES string of the molecule is Cl.O=C(O)CCNCCC(c1ccccc1)c1ccccc1. The molecule has 2 N–H and O–H groups in total. The minimum absolute atomic E-state index is 0. The topological polar surface area (TPSA) is 49.3 Å². The molecule has 2 rings (SSSR count). The molecule has 0 aromatic heterocycles. The Morgan fingerprint density at radius 1 is 0.909 bits per heavy atom. The summed E-state index contributed by atoms with van der Waals surface area (Å²) in [6, 6.07) is 20.9. The van der Waals surface area contributed by atoms with Crippen LogP contribution >= 0.6 is 12.4 Å². The Kier molecular flexibility index (Phi) is 8.26. The van der Waals surface area contributed by atoms with Gasteiger partial charge in [-0.05, 0) is 24.1 Å². The molecule has 0 aliphatic carbocycles. The lowest BCUT2D eigenvalue weighted by Crippen LogP contribution is -2.21. The number of nitrogens with one attached hydrogen (secondary N) is 1. The summed E-state index contributed by atoms with van der Waals surface area (Å²) >= 11 is 0. The van der Waals surface area contributed by atoms with Crippen molar-refractivity contribution in [3.05, 3.63) is 71.8 Å². The Balaban J connectivity index is 0.00000242. The van der Waals surface area contributed by atoms with E-state index in [0.29, 0.717) is 12.5 Å². The number of carbonyl (C=O) groups is 1. The summed E-state index contributed by atoms with van der Waals surface area (Å²) in [4.78, 5) is 10.5. The normalized spacial score (nSPS) is 10.2. The van der Waals surface area contributed by atoms with Gasteiger partial charge in [0.2, 0.25) is 0 Å². The Morgan fingerprint density at radius 2 is 1.41 bits per heavy atom. The molecule has 2 aromatic rings. The van der Waals surface area contributed by atoms with Crippen LogP contribution in [0.25, 0.3) is 0 Å². The monoisotopic (exact) mass is 319 g/mol. The van der Waals surface area contributed by atoms with Gasteiger partial charge in [0.15, 0.2) is 0 Å². The lowest BCUT2D eigenvalue weighted by atomic mass is 9.88. The highest BCUT2D eigenvalue weighted by molar-refractivity contribution is 5.85. The summed E-state index contributed by atoms with van der Waals surface area (Å²) in [7, 11) is 0. The van der Waals surface area contributed by atoms with E-state index in [1.54, 1.807) is 0 Å². The summed E-state index contributed by atoms with van der Waals surface area (Å²) < 4.78 is 0. The Bertz CT molecular complexity index is 506. The van der Waals surface area contributed by atoms with Crippen molar-refractivity contribution in [3.63, 3.8) is 0 Å². The van der Waals surface area contributed by atoms with Crippen LogP contribution in [0.5, 0.6) is 0 Å². The lowest BCUT2D eigenvalue weighted by molar-refractivity contribution is -0.136. The molecule has 0 amide bonds. The first-order valence-electron chi connectivity index (χ1n) is 7.30. The van der Waals surface area contributed by atoms with E-state index >= 15 is 0 Å². The van der Waals surface area contributed by atoms with E-state index in [0.717, 1.165) is 13.0 Å². The lowest BCUT2D eigenvalue weighted by Gasteiger charge is -2.18. The summed E-state index contributed by atoms with van der Waals surface area (Å²) in [5.74, 6) is -0.421. The highest BCUT2D eigenvalue weighted by Gasteiger charge is 2.13. The number of hydrogen-bond acceptors (Lipinski definition) is 2. The third-order valence-corrected chi connectivity index (χ3v) is 3.53. The maximum atomic E-state index is 10.5. The zero-order chi connectivity index (χ0) is 14.9. The van der Waals surface area contributed by atoms with Crippen molar-refractivity contribution in [2.45, 2.75) is 18.8 Å². The van der Waals surface area contributed by atoms with Crippen LogP contribution in [0.4, 0.5) is 0 Å². The zero-order valence-electron chi connectivity index (χ0n) is 12.4. The van der Waals surface area contributed by atoms with Crippen molar-refractivity contribution < 1.29 is 9.90 Å². The van der Waals surface area contributed by atoms with E-state index in [9.17, 15) is 4.79 Å². The fourth-order valence-electron chi connectivity index (χ4n) is 2.46. The molecule has 118 valence electrons. The van der Waals surface area contributed by atoms with Gasteiger partial charge in [-0.15, -0.1) is 12.4 Å². The van der Waals surface area contributed by atoms with Gasteiger partial charge in [0.25, 0.3) is 0 Å². The quantitative estimate of drug-likeness (QED) is 0.729. The third-order valence-electron chi connectivity index (χ3n) is 3.53. The largest absolute Gasteiger partial charge is 0.481 e. The molecule has 0 fully saturated rings. The summed E-state index contributed by atoms with van der Waals surface area (Å²) in [6.45, 7) is 1.33. The van der Waals surface area contributed by atoms with Gasteiger partial charge in [0.1, 0.15) is 0 Å². The predicted molar refractivity (Wildman–Crippen MR) is 91.7 cm³/mol. The fourth-order valence-corrected chi connectivity index (χ4v) is 2.46. The maximum Gasteiger partial charge on any atom is 0.304 e. The second-order valence-corrected chi connectivity index (χ2v) is 5.06. The molecule has 0 saturated carbocycles. The third kappa shape index (κ3) is 5.88. The van der Waals surface area contributed by atoms with E-state index in [2.05, 4.69) is 53.8 Å². The van der Waals surface area contributed by atoms with E-state index in [-0.39, 0.29) is 18.8 Å². The molecular formula is C18H22ClNO2. The maximum absolute atomic E-state index is 10.5. The minimum Gasteiger partial charge on any atom is -0.481 e. The molecule has 0 aliphatic heterocycles. The van der Waals surface area contributed by atoms with Crippen LogP contribution in [0, 0.1) is 0 Å². The molecular weight excluding hydrogens is 298 g/mol. The summed E-state index contributed by atoms with van der Waals surface area (Å²) in [5.41, 5.74) is 2.59. The van der Waals surface area contributed by atoms with Crippen molar-refractivity contribution in [1.82, 2.24) is 5.32 Å². The van der Waals surface area contributed by atoms with Gasteiger partial charge >= 0.3 is 5.97 Å². The molecule has 0 saturated heterocycles. The standard InChI is InChI=1S/C18H21NO2.ClH/c20-18(21)12-14-19-13-11-17(15-7-3-1-4-8-15)16-9-5-2-6-10-16;/h1-10,17,19H,11-14H2,(H,20,21);1H. The van der Waals surface area contributed by atoms with Crippen molar-refractivity contribution in [3.8, 4) is 0 Å². The van der Waals surface area contributed by atoms with Crippen LogP contribution < -0.4 is 5.32 Å². The van der Waals surface area contributed by atoms with Crippen LogP contribution in [-0.2, 0) is 4.79 Å². The molecule has 2 aromatic carbocycles. The van der Waals surface area contributed by atoms with Crippen LogP contribution in [0.1, 0.15) is 29.9 Å². The number of rotatable bonds is 8. The first-order valence-corrected chi connectivity index (χ1v) is 7.30. The molecule has 4 heteroatoms. The van der Waals surface area contributed by atoms with Gasteiger partial charge in [-0.1, -0.05) is 60.7 Å². The highest BCUT2D eigenvalue weighted by Crippen LogP contribution is 2.27. The number of hydrogen-bond donors (Lipinski definition) is 2. The number of carboxylic acid groups (broad SMARTS) is 1. The first kappa shape index (κ1) is 18.2. The van der Waals surface area contributed by atoms with E-state index < -0.39 is 5.97 Å². The van der Waals surface area contributed by atoms with Crippen LogP contribution in [0.3, 0.4) is 0 Å². The van der Waals surface area contributed by atoms with Gasteiger partial charge in [-0.3, -0.25) is 4.79 Å². The molecule has 0 unspecified atom stereocenters. The average molecular weight is 320 g/mol. The Morgan fingerprint density at radius 3 is 1.86 bits per heavy atom. The van der Waals surface area contributed by atoms with Gasteiger partial charge in [-0.2, -0.15) is 0 Å². The Labute approximate surface area is 137 Å². The molecule has 0 atom stereocenters. The smallest absolute Gasteiger partial charge is 0.304 e. The van der Waals surface area contributed by atoms with Crippen molar-refractivity contribution >= 4 is 18.4 Å². The van der Waals surface area contributed by atoms with Crippen LogP contribution in [0.15, 0.2) is 60.7 Å². The highest BCUT2D eigenvalue weighted by atomic mass is 35.5. The van der Waals surface area contributed by atoms with Gasteiger partial charge in [0, 0.05) is 12.5 Å². The predicted octanol–water partition coefficient (Wildman–Crippen LogP) is 3.69. The molecule has 0 bridgehead atoms. The van der Waals surface area contributed by atoms with Crippen molar-refractivity contribution in [2.75, 3.05) is 13.1 Å². The fraction of sp³-hybridized carbons (Fsp3) is 0.278. The molecule has 0 spiro atoms. The summed E-state index contributed by atoms with van der Waals surface area (Å²) in [6.07, 6.45) is 1.12. The second-order valence-electron chi connectivity index (χ2n) is 5.06. The molecule has 0 radical (unpaired) electrons. The zero-order valence-corrected chi connectivity index (χ0v) is 13.3. The number of carboxylic acids is 1. The minimum atomic E-state index is -0.759. The van der Waals surface area contributed by atoms with E-state index in [4.69, 9.17) is 5.11 Å². The van der Waals surface area contributed by atoms with Gasteiger partial charge in [-0.25, -0.2) is 0 Å². The van der Waals surface area contributed by atoms with E-state index in [1.807, 2.05) is 12.1 Å². The molecule has 0 heterocycles. The molecule has 22 heavy (non-hydrogen) atoms. The molecule has 0 aliphatic rings. The van der Waals surface area contributed by atoms with Crippen LogP contribution in [0.2, 0.25) is 0 Å². The Hall–Kier alpha value is -1.84. The number of aliphatic carboxylic acids is 1. The number of halogens is 1. The average Bonchev–Trinajstić information content (AvgIpc) is 2.52. The van der Waals surface area contributed by atoms with E-state index in [1.165, 1.54) is 11.1 Å². The first-order chi connectivity index (χ1) is 10.3. The van der Waals surface area contributed by atoms with Crippen molar-refractivity contribution in [1.29, 1.82) is 0 Å².